The van der Waals surface area contributed by atoms with E-state index in [9.17, 15) is 4.79 Å². The lowest BCUT2D eigenvalue weighted by molar-refractivity contribution is -0.00295. The first-order valence-electron chi connectivity index (χ1n) is 6.90. The summed E-state index contributed by atoms with van der Waals surface area (Å²) >= 11 is 3.31. The monoisotopic (exact) mass is 328 g/mol. The van der Waals surface area contributed by atoms with E-state index in [0.717, 1.165) is 10.9 Å². The van der Waals surface area contributed by atoms with E-state index >= 15 is 0 Å². The molecule has 106 valence electrons. The molecule has 2 N–H and O–H groups in total. The van der Waals surface area contributed by atoms with E-state index in [4.69, 9.17) is 4.74 Å². The van der Waals surface area contributed by atoms with Gasteiger partial charge in [-0.3, -0.25) is 4.79 Å². The zero-order valence-electron chi connectivity index (χ0n) is 11.2. The molecule has 2 rings (SSSR count). The third kappa shape index (κ3) is 4.35. The van der Waals surface area contributed by atoms with E-state index in [1.165, 1.54) is 19.3 Å². The molecule has 1 aromatic heterocycles. The predicted molar refractivity (Wildman–Crippen MR) is 78.2 cm³/mol. The van der Waals surface area contributed by atoms with Gasteiger partial charge in [-0.15, -0.1) is 0 Å². The van der Waals surface area contributed by atoms with Gasteiger partial charge in [0.2, 0.25) is 0 Å². The number of hydrogen-bond donors (Lipinski definition) is 2. The van der Waals surface area contributed by atoms with Crippen LogP contribution in [0, 0.1) is 5.92 Å². The Morgan fingerprint density at radius 2 is 2.32 bits per heavy atom. The van der Waals surface area contributed by atoms with Crippen LogP contribution < -0.4 is 5.32 Å². The minimum atomic E-state index is -0.0917. The molecular weight excluding hydrogens is 308 g/mol. The van der Waals surface area contributed by atoms with Crippen molar-refractivity contribution in [1.29, 1.82) is 0 Å². The van der Waals surface area contributed by atoms with Crippen LogP contribution in [-0.2, 0) is 4.74 Å². The fourth-order valence-electron chi connectivity index (χ4n) is 2.50. The Kier molecular flexibility index (Phi) is 5.45. The summed E-state index contributed by atoms with van der Waals surface area (Å²) in [5.41, 5.74) is 0.568. The summed E-state index contributed by atoms with van der Waals surface area (Å²) in [6.45, 7) is 3.39. The molecule has 0 aromatic carbocycles. The molecule has 1 saturated carbocycles. The quantitative estimate of drug-likeness (QED) is 0.816. The lowest BCUT2D eigenvalue weighted by Gasteiger charge is -2.28. The highest BCUT2D eigenvalue weighted by Gasteiger charge is 2.21. The Bertz CT molecular complexity index is 419. The van der Waals surface area contributed by atoms with Gasteiger partial charge in [-0.2, -0.15) is 0 Å². The minimum absolute atomic E-state index is 0.0917. The number of halogens is 1. The third-order valence-corrected chi connectivity index (χ3v) is 4.10. The summed E-state index contributed by atoms with van der Waals surface area (Å²) in [6.07, 6.45) is 7.10. The molecule has 1 amide bonds. The summed E-state index contributed by atoms with van der Waals surface area (Å²) in [7, 11) is 0. The Labute approximate surface area is 122 Å². The highest BCUT2D eigenvalue weighted by molar-refractivity contribution is 9.10. The molecule has 1 fully saturated rings. The summed E-state index contributed by atoms with van der Waals surface area (Å²) in [4.78, 5) is 14.7. The fourth-order valence-corrected chi connectivity index (χ4v) is 2.84. The van der Waals surface area contributed by atoms with Crippen LogP contribution in [0.3, 0.4) is 0 Å². The van der Waals surface area contributed by atoms with Gasteiger partial charge in [-0.05, 0) is 40.8 Å². The number of carbonyl (C=O) groups excluding carboxylic acids is 1. The van der Waals surface area contributed by atoms with Crippen LogP contribution in [0.4, 0.5) is 0 Å². The van der Waals surface area contributed by atoms with Crippen molar-refractivity contribution in [2.45, 2.75) is 38.7 Å². The Balaban J connectivity index is 1.65. The van der Waals surface area contributed by atoms with Gasteiger partial charge in [0, 0.05) is 17.2 Å². The Hall–Kier alpha value is -0.810. The average molecular weight is 329 g/mol. The normalized spacial score (nSPS) is 23.3. The van der Waals surface area contributed by atoms with E-state index in [-0.39, 0.29) is 5.91 Å². The summed E-state index contributed by atoms with van der Waals surface area (Å²) in [5.74, 6) is 0.551. The van der Waals surface area contributed by atoms with Gasteiger partial charge in [0.15, 0.2) is 0 Å². The van der Waals surface area contributed by atoms with Crippen molar-refractivity contribution in [3.8, 4) is 0 Å². The number of rotatable bonds is 5. The zero-order valence-corrected chi connectivity index (χ0v) is 12.8. The van der Waals surface area contributed by atoms with Gasteiger partial charge in [-0.1, -0.05) is 19.8 Å². The maximum atomic E-state index is 11.8. The number of H-pyrrole nitrogens is 1. The molecule has 4 nitrogen and oxygen atoms in total. The number of carbonyl (C=O) groups is 1. The molecule has 1 aliphatic rings. The highest BCUT2D eigenvalue weighted by Crippen LogP contribution is 2.25. The van der Waals surface area contributed by atoms with Gasteiger partial charge in [0.1, 0.15) is 5.69 Å². The summed E-state index contributed by atoms with van der Waals surface area (Å²) < 4.78 is 6.73. The van der Waals surface area contributed by atoms with Crippen LogP contribution in [0.2, 0.25) is 0 Å². The smallest absolute Gasteiger partial charge is 0.267 e. The SMILES string of the molecule is CC1CCCCC1OCCNC(=O)c1cc(Br)c[nH]1. The largest absolute Gasteiger partial charge is 0.376 e. The highest BCUT2D eigenvalue weighted by atomic mass is 79.9. The van der Waals surface area contributed by atoms with Crippen LogP contribution in [0.15, 0.2) is 16.7 Å². The van der Waals surface area contributed by atoms with E-state index in [0.29, 0.717) is 30.9 Å². The average Bonchev–Trinajstić information content (AvgIpc) is 2.83. The fraction of sp³-hybridized carbons (Fsp3) is 0.643. The lowest BCUT2D eigenvalue weighted by atomic mass is 9.88. The summed E-state index contributed by atoms with van der Waals surface area (Å²) in [6, 6.07) is 1.76. The number of aromatic amines is 1. The first-order valence-corrected chi connectivity index (χ1v) is 7.70. The molecule has 2 unspecified atom stereocenters. The number of aromatic nitrogens is 1. The van der Waals surface area contributed by atoms with E-state index in [1.807, 2.05) is 0 Å². The number of amides is 1. The van der Waals surface area contributed by atoms with Gasteiger partial charge in [0.05, 0.1) is 12.7 Å². The van der Waals surface area contributed by atoms with Crippen LogP contribution in [0.1, 0.15) is 43.1 Å². The van der Waals surface area contributed by atoms with Gasteiger partial charge in [0.25, 0.3) is 5.91 Å². The van der Waals surface area contributed by atoms with Crippen molar-refractivity contribution >= 4 is 21.8 Å². The van der Waals surface area contributed by atoms with Crippen molar-refractivity contribution in [3.05, 3.63) is 22.4 Å². The lowest BCUT2D eigenvalue weighted by Crippen LogP contribution is -2.31. The molecule has 1 aliphatic carbocycles. The van der Waals surface area contributed by atoms with Gasteiger partial charge in [-0.25, -0.2) is 0 Å². The standard InChI is InChI=1S/C14H21BrN2O2/c1-10-4-2-3-5-13(10)19-7-6-16-14(18)12-8-11(15)9-17-12/h8-10,13,17H,2-7H2,1H3,(H,16,18). The van der Waals surface area contributed by atoms with E-state index in [1.54, 1.807) is 12.3 Å². The van der Waals surface area contributed by atoms with Crippen molar-refractivity contribution in [2.75, 3.05) is 13.2 Å². The molecule has 0 radical (unpaired) electrons. The zero-order chi connectivity index (χ0) is 13.7. The van der Waals surface area contributed by atoms with Crippen LogP contribution in [0.25, 0.3) is 0 Å². The Morgan fingerprint density at radius 1 is 1.53 bits per heavy atom. The molecule has 2 atom stereocenters. The second kappa shape index (κ2) is 7.10. The molecule has 0 spiro atoms. The van der Waals surface area contributed by atoms with Crippen LogP contribution >= 0.6 is 15.9 Å². The number of ether oxygens (including phenoxy) is 1. The first kappa shape index (κ1) is 14.6. The molecule has 5 heteroatoms. The number of hydrogen-bond acceptors (Lipinski definition) is 2. The van der Waals surface area contributed by atoms with Gasteiger partial charge >= 0.3 is 0 Å². The molecular formula is C14H21BrN2O2. The first-order chi connectivity index (χ1) is 9.16. The maximum absolute atomic E-state index is 11.8. The topological polar surface area (TPSA) is 54.1 Å². The van der Waals surface area contributed by atoms with Gasteiger partial charge < -0.3 is 15.0 Å². The Morgan fingerprint density at radius 3 is 3.00 bits per heavy atom. The minimum Gasteiger partial charge on any atom is -0.376 e. The maximum Gasteiger partial charge on any atom is 0.267 e. The van der Waals surface area contributed by atoms with Crippen molar-refractivity contribution in [2.24, 2.45) is 5.92 Å². The molecule has 1 aromatic rings. The third-order valence-electron chi connectivity index (χ3n) is 3.64. The van der Waals surface area contributed by atoms with Crippen molar-refractivity contribution in [1.82, 2.24) is 10.3 Å². The molecule has 0 saturated heterocycles. The van der Waals surface area contributed by atoms with Crippen LogP contribution in [-0.4, -0.2) is 30.1 Å². The van der Waals surface area contributed by atoms with Crippen LogP contribution in [0.5, 0.6) is 0 Å². The van der Waals surface area contributed by atoms with E-state index < -0.39 is 0 Å². The predicted octanol–water partition coefficient (Wildman–Crippen LogP) is 3.10. The van der Waals surface area contributed by atoms with Crippen molar-refractivity contribution in [3.63, 3.8) is 0 Å². The summed E-state index contributed by atoms with van der Waals surface area (Å²) in [5, 5.41) is 2.85. The molecule has 1 heterocycles. The van der Waals surface area contributed by atoms with Crippen molar-refractivity contribution < 1.29 is 9.53 Å². The molecule has 0 bridgehead atoms. The second-order valence-electron chi connectivity index (χ2n) is 5.16. The number of nitrogens with one attached hydrogen (secondary N) is 2. The molecule has 19 heavy (non-hydrogen) atoms. The van der Waals surface area contributed by atoms with E-state index in [2.05, 4.69) is 33.2 Å². The second-order valence-corrected chi connectivity index (χ2v) is 6.07. The molecule has 0 aliphatic heterocycles.